The SMILES string of the molecule is O=[N+]([O-])c1cccc(CN2CCC[C@H](O)C2)c1Br. The van der Waals surface area contributed by atoms with Gasteiger partial charge in [0.1, 0.15) is 0 Å². The molecule has 1 aliphatic heterocycles. The molecule has 0 unspecified atom stereocenters. The Morgan fingerprint density at radius 3 is 3.00 bits per heavy atom. The van der Waals surface area contributed by atoms with Gasteiger partial charge in [0.15, 0.2) is 0 Å². The minimum absolute atomic E-state index is 0.0880. The molecule has 1 heterocycles. The number of likely N-dealkylation sites (tertiary alicyclic amines) is 1. The highest BCUT2D eigenvalue weighted by Crippen LogP contribution is 2.29. The number of aliphatic hydroxyl groups excluding tert-OH is 1. The molecule has 6 heteroatoms. The molecule has 0 aliphatic carbocycles. The van der Waals surface area contributed by atoms with Gasteiger partial charge >= 0.3 is 0 Å². The van der Waals surface area contributed by atoms with Gasteiger partial charge in [0.25, 0.3) is 5.69 Å². The molecule has 0 bridgehead atoms. The lowest BCUT2D eigenvalue weighted by atomic mass is 10.1. The average Bonchev–Trinajstić information content (AvgIpc) is 2.31. The Labute approximate surface area is 114 Å². The summed E-state index contributed by atoms with van der Waals surface area (Å²) in [6, 6.07) is 5.05. The molecule has 1 fully saturated rings. The second kappa shape index (κ2) is 5.77. The highest BCUT2D eigenvalue weighted by Gasteiger charge is 2.20. The smallest absolute Gasteiger partial charge is 0.283 e. The van der Waals surface area contributed by atoms with E-state index in [1.54, 1.807) is 6.07 Å². The quantitative estimate of drug-likeness (QED) is 0.686. The molecule has 98 valence electrons. The van der Waals surface area contributed by atoms with Gasteiger partial charge in [0.2, 0.25) is 0 Å². The van der Waals surface area contributed by atoms with Gasteiger partial charge in [-0.15, -0.1) is 0 Å². The van der Waals surface area contributed by atoms with Crippen LogP contribution < -0.4 is 0 Å². The Balaban J connectivity index is 2.14. The molecule has 0 radical (unpaired) electrons. The maximum atomic E-state index is 10.8. The zero-order chi connectivity index (χ0) is 13.1. The van der Waals surface area contributed by atoms with E-state index >= 15 is 0 Å². The fourth-order valence-corrected chi connectivity index (χ4v) is 2.78. The topological polar surface area (TPSA) is 66.6 Å². The summed E-state index contributed by atoms with van der Waals surface area (Å²) in [5, 5.41) is 20.4. The lowest BCUT2D eigenvalue weighted by Crippen LogP contribution is -2.37. The second-order valence-electron chi connectivity index (χ2n) is 4.54. The van der Waals surface area contributed by atoms with E-state index in [9.17, 15) is 15.2 Å². The Bertz CT molecular complexity index is 453. The van der Waals surface area contributed by atoms with Gasteiger partial charge in [-0.25, -0.2) is 0 Å². The van der Waals surface area contributed by atoms with Gasteiger partial charge in [-0.05, 0) is 40.9 Å². The van der Waals surface area contributed by atoms with E-state index in [0.29, 0.717) is 17.6 Å². The molecule has 0 spiro atoms. The van der Waals surface area contributed by atoms with Crippen molar-refractivity contribution in [1.29, 1.82) is 0 Å². The van der Waals surface area contributed by atoms with E-state index in [1.807, 2.05) is 6.07 Å². The monoisotopic (exact) mass is 314 g/mol. The standard InChI is InChI=1S/C12H15BrN2O3/c13-12-9(3-1-5-11(12)15(17)18)7-14-6-2-4-10(16)8-14/h1,3,5,10,16H,2,4,6-8H2/t10-/m0/s1. The van der Waals surface area contributed by atoms with Crippen LogP contribution in [0.2, 0.25) is 0 Å². The van der Waals surface area contributed by atoms with E-state index in [4.69, 9.17) is 0 Å². The number of nitrogens with zero attached hydrogens (tertiary/aromatic N) is 2. The number of piperidine rings is 1. The fraction of sp³-hybridized carbons (Fsp3) is 0.500. The molecule has 1 aromatic rings. The van der Waals surface area contributed by atoms with E-state index in [1.165, 1.54) is 6.07 Å². The number of β-amino-alcohol motifs (C(OH)–C–C–N with tert-alkyl or cyclic N) is 1. The number of nitro benzene ring substituents is 1. The van der Waals surface area contributed by atoms with Crippen molar-refractivity contribution < 1.29 is 10.0 Å². The van der Waals surface area contributed by atoms with Crippen LogP contribution in [0.25, 0.3) is 0 Å². The van der Waals surface area contributed by atoms with Crippen LogP contribution in [0.1, 0.15) is 18.4 Å². The summed E-state index contributed by atoms with van der Waals surface area (Å²) in [6.07, 6.45) is 1.52. The summed E-state index contributed by atoms with van der Waals surface area (Å²) in [7, 11) is 0. The highest BCUT2D eigenvalue weighted by molar-refractivity contribution is 9.10. The van der Waals surface area contributed by atoms with Crippen molar-refractivity contribution in [1.82, 2.24) is 4.90 Å². The Morgan fingerprint density at radius 1 is 1.56 bits per heavy atom. The van der Waals surface area contributed by atoms with E-state index in [-0.39, 0.29) is 11.8 Å². The number of hydrogen-bond acceptors (Lipinski definition) is 4. The lowest BCUT2D eigenvalue weighted by Gasteiger charge is -2.30. The Kier molecular flexibility index (Phi) is 4.31. The van der Waals surface area contributed by atoms with Gasteiger partial charge < -0.3 is 5.11 Å². The highest BCUT2D eigenvalue weighted by atomic mass is 79.9. The van der Waals surface area contributed by atoms with Crippen molar-refractivity contribution in [3.8, 4) is 0 Å². The molecule has 1 saturated heterocycles. The van der Waals surface area contributed by atoms with Crippen LogP contribution in [0.5, 0.6) is 0 Å². The molecule has 1 N–H and O–H groups in total. The van der Waals surface area contributed by atoms with Crippen molar-refractivity contribution >= 4 is 21.6 Å². The maximum Gasteiger partial charge on any atom is 0.283 e. The van der Waals surface area contributed by atoms with Crippen molar-refractivity contribution in [3.05, 3.63) is 38.3 Å². The molecular formula is C12H15BrN2O3. The molecule has 1 aromatic carbocycles. The Morgan fingerprint density at radius 2 is 2.33 bits per heavy atom. The predicted octanol–water partition coefficient (Wildman–Crippen LogP) is 2.31. The van der Waals surface area contributed by atoms with Crippen LogP contribution >= 0.6 is 15.9 Å². The third kappa shape index (κ3) is 3.07. The van der Waals surface area contributed by atoms with Crippen molar-refractivity contribution in [2.75, 3.05) is 13.1 Å². The van der Waals surface area contributed by atoms with Crippen molar-refractivity contribution in [2.24, 2.45) is 0 Å². The lowest BCUT2D eigenvalue weighted by molar-refractivity contribution is -0.385. The number of halogens is 1. The fourth-order valence-electron chi connectivity index (χ4n) is 2.25. The van der Waals surface area contributed by atoms with Crippen molar-refractivity contribution in [3.63, 3.8) is 0 Å². The zero-order valence-electron chi connectivity index (χ0n) is 9.88. The molecular weight excluding hydrogens is 300 g/mol. The number of aliphatic hydroxyl groups is 1. The third-order valence-electron chi connectivity index (χ3n) is 3.13. The first-order valence-electron chi connectivity index (χ1n) is 5.90. The summed E-state index contributed by atoms with van der Waals surface area (Å²) in [5.74, 6) is 0. The van der Waals surface area contributed by atoms with Crippen LogP contribution in [-0.2, 0) is 6.54 Å². The molecule has 0 saturated carbocycles. The predicted molar refractivity (Wildman–Crippen MR) is 71.3 cm³/mol. The summed E-state index contributed by atoms with van der Waals surface area (Å²) < 4.78 is 0.537. The third-order valence-corrected chi connectivity index (χ3v) is 4.05. The Hall–Kier alpha value is -0.980. The normalized spacial score (nSPS) is 20.9. The second-order valence-corrected chi connectivity index (χ2v) is 5.33. The first-order chi connectivity index (χ1) is 8.58. The molecule has 5 nitrogen and oxygen atoms in total. The van der Waals surface area contributed by atoms with Gasteiger partial charge in [0.05, 0.1) is 15.5 Å². The zero-order valence-corrected chi connectivity index (χ0v) is 11.5. The van der Waals surface area contributed by atoms with E-state index in [0.717, 1.165) is 24.9 Å². The van der Waals surface area contributed by atoms with Crippen LogP contribution in [0.3, 0.4) is 0 Å². The largest absolute Gasteiger partial charge is 0.392 e. The molecule has 1 aliphatic rings. The minimum atomic E-state index is -0.390. The number of rotatable bonds is 3. The van der Waals surface area contributed by atoms with Crippen molar-refractivity contribution in [2.45, 2.75) is 25.5 Å². The van der Waals surface area contributed by atoms with Crippen LogP contribution in [0.4, 0.5) is 5.69 Å². The van der Waals surface area contributed by atoms with Crippen LogP contribution in [0.15, 0.2) is 22.7 Å². The summed E-state index contributed by atoms with van der Waals surface area (Å²) in [4.78, 5) is 12.6. The van der Waals surface area contributed by atoms with Crippen LogP contribution in [-0.4, -0.2) is 34.1 Å². The number of hydrogen-bond donors (Lipinski definition) is 1. The van der Waals surface area contributed by atoms with Gasteiger partial charge in [-0.3, -0.25) is 15.0 Å². The maximum absolute atomic E-state index is 10.8. The summed E-state index contributed by atoms with van der Waals surface area (Å²) >= 11 is 3.29. The van der Waals surface area contributed by atoms with Crippen LogP contribution in [0, 0.1) is 10.1 Å². The van der Waals surface area contributed by atoms with Gasteiger partial charge in [-0.2, -0.15) is 0 Å². The minimum Gasteiger partial charge on any atom is -0.392 e. The first kappa shape index (κ1) is 13.5. The van der Waals surface area contributed by atoms with E-state index < -0.39 is 4.92 Å². The molecule has 1 atom stereocenters. The van der Waals surface area contributed by atoms with E-state index in [2.05, 4.69) is 20.8 Å². The summed E-state index contributed by atoms with van der Waals surface area (Å²) in [6.45, 7) is 2.18. The summed E-state index contributed by atoms with van der Waals surface area (Å²) in [5.41, 5.74) is 0.975. The van der Waals surface area contributed by atoms with Gasteiger partial charge in [-0.1, -0.05) is 12.1 Å². The molecule has 0 amide bonds. The average molecular weight is 315 g/mol. The first-order valence-corrected chi connectivity index (χ1v) is 6.69. The number of benzene rings is 1. The van der Waals surface area contributed by atoms with Gasteiger partial charge in [0, 0.05) is 19.2 Å². The molecule has 2 rings (SSSR count). The molecule has 18 heavy (non-hydrogen) atoms. The number of nitro groups is 1. The molecule has 0 aromatic heterocycles.